The Morgan fingerprint density at radius 2 is 2.22 bits per heavy atom. The van der Waals surface area contributed by atoms with Gasteiger partial charge in [0.25, 0.3) is 0 Å². The Hall–Kier alpha value is -0.830. The highest BCUT2D eigenvalue weighted by Gasteiger charge is 2.25. The summed E-state index contributed by atoms with van der Waals surface area (Å²) in [6, 6.07) is 0.621. The molecule has 1 N–H and O–H groups in total. The third-order valence-corrected chi connectivity index (χ3v) is 3.69. The van der Waals surface area contributed by atoms with Crippen molar-refractivity contribution in [2.75, 3.05) is 6.54 Å². The van der Waals surface area contributed by atoms with Crippen LogP contribution >= 0.6 is 0 Å². The van der Waals surface area contributed by atoms with E-state index in [0.29, 0.717) is 6.04 Å². The summed E-state index contributed by atoms with van der Waals surface area (Å²) in [6.45, 7) is 6.69. The molecule has 18 heavy (non-hydrogen) atoms. The van der Waals surface area contributed by atoms with E-state index in [1.807, 2.05) is 6.20 Å². The number of hydrogen-bond donors (Lipinski definition) is 1. The van der Waals surface area contributed by atoms with E-state index in [9.17, 15) is 0 Å². The van der Waals surface area contributed by atoms with Crippen molar-refractivity contribution in [1.82, 2.24) is 14.9 Å². The molecular formula is C15H27N3. The van der Waals surface area contributed by atoms with Gasteiger partial charge in [-0.25, -0.2) is 4.98 Å². The summed E-state index contributed by atoms with van der Waals surface area (Å²) in [5.41, 5.74) is 0. The largest absolute Gasteiger partial charge is 0.335 e. The molecule has 1 unspecified atom stereocenters. The van der Waals surface area contributed by atoms with Gasteiger partial charge < -0.3 is 9.88 Å². The van der Waals surface area contributed by atoms with E-state index < -0.39 is 0 Å². The summed E-state index contributed by atoms with van der Waals surface area (Å²) in [7, 11) is 0. The van der Waals surface area contributed by atoms with E-state index in [1.165, 1.54) is 37.9 Å². The maximum absolute atomic E-state index is 4.53. The Labute approximate surface area is 111 Å². The van der Waals surface area contributed by atoms with Crippen LogP contribution in [-0.4, -0.2) is 22.1 Å². The van der Waals surface area contributed by atoms with Crippen LogP contribution < -0.4 is 5.32 Å². The Bertz CT molecular complexity index is 341. The molecule has 1 aliphatic rings. The van der Waals surface area contributed by atoms with Gasteiger partial charge in [0.15, 0.2) is 0 Å². The lowest BCUT2D eigenvalue weighted by Crippen LogP contribution is -2.33. The van der Waals surface area contributed by atoms with Gasteiger partial charge >= 0.3 is 0 Å². The molecule has 1 atom stereocenters. The van der Waals surface area contributed by atoms with Crippen LogP contribution in [0.15, 0.2) is 12.4 Å². The first-order valence-corrected chi connectivity index (χ1v) is 7.56. The summed E-state index contributed by atoms with van der Waals surface area (Å²) in [4.78, 5) is 4.53. The molecule has 1 aromatic rings. The van der Waals surface area contributed by atoms with E-state index in [1.54, 1.807) is 0 Å². The van der Waals surface area contributed by atoms with Crippen molar-refractivity contribution < 1.29 is 0 Å². The molecule has 1 aromatic heterocycles. The van der Waals surface area contributed by atoms with Gasteiger partial charge in [-0.1, -0.05) is 26.7 Å². The zero-order valence-electron chi connectivity index (χ0n) is 11.9. The summed E-state index contributed by atoms with van der Waals surface area (Å²) >= 11 is 0. The second-order valence-electron chi connectivity index (χ2n) is 5.57. The molecule has 3 nitrogen and oxygen atoms in total. The third kappa shape index (κ3) is 4.13. The maximum atomic E-state index is 4.53. The van der Waals surface area contributed by atoms with Crippen molar-refractivity contribution >= 4 is 0 Å². The van der Waals surface area contributed by atoms with Crippen molar-refractivity contribution in [2.45, 2.75) is 65.0 Å². The standard InChI is InChI=1S/C15H27N3/c1-3-7-16-14(11-13-5-6-13)12-15-17-8-10-18(15)9-4-2/h8,10,13-14,16H,3-7,9,11-12H2,1-2H3. The summed E-state index contributed by atoms with van der Waals surface area (Å²) in [5.74, 6) is 2.24. The Balaban J connectivity index is 1.90. The first-order chi connectivity index (χ1) is 8.83. The smallest absolute Gasteiger partial charge is 0.110 e. The number of nitrogens with zero attached hydrogens (tertiary/aromatic N) is 2. The lowest BCUT2D eigenvalue weighted by atomic mass is 10.1. The van der Waals surface area contributed by atoms with Gasteiger partial charge in [0.1, 0.15) is 5.82 Å². The fourth-order valence-electron chi connectivity index (χ4n) is 2.54. The number of hydrogen-bond acceptors (Lipinski definition) is 2. The summed E-state index contributed by atoms with van der Waals surface area (Å²) in [5, 5.41) is 3.70. The average Bonchev–Trinajstić information content (AvgIpc) is 3.08. The number of rotatable bonds is 9. The molecule has 1 fully saturated rings. The van der Waals surface area contributed by atoms with Crippen LogP contribution in [-0.2, 0) is 13.0 Å². The van der Waals surface area contributed by atoms with Crippen LogP contribution in [0.4, 0.5) is 0 Å². The van der Waals surface area contributed by atoms with Crippen molar-refractivity contribution in [2.24, 2.45) is 5.92 Å². The Kier molecular flexibility index (Phi) is 5.24. The Morgan fingerprint density at radius 1 is 1.39 bits per heavy atom. The van der Waals surface area contributed by atoms with Gasteiger partial charge in [-0.2, -0.15) is 0 Å². The molecule has 1 heterocycles. The van der Waals surface area contributed by atoms with Crippen LogP contribution in [0.3, 0.4) is 0 Å². The van der Waals surface area contributed by atoms with Crippen LogP contribution in [0, 0.1) is 5.92 Å². The molecule has 1 aliphatic carbocycles. The normalized spacial score (nSPS) is 17.0. The van der Waals surface area contributed by atoms with Crippen molar-refractivity contribution in [3.05, 3.63) is 18.2 Å². The molecule has 0 aliphatic heterocycles. The van der Waals surface area contributed by atoms with Crippen LogP contribution in [0.5, 0.6) is 0 Å². The van der Waals surface area contributed by atoms with E-state index >= 15 is 0 Å². The number of imidazole rings is 1. The number of aromatic nitrogens is 2. The zero-order chi connectivity index (χ0) is 12.8. The van der Waals surface area contributed by atoms with E-state index in [0.717, 1.165) is 25.4 Å². The van der Waals surface area contributed by atoms with Crippen LogP contribution in [0.25, 0.3) is 0 Å². The lowest BCUT2D eigenvalue weighted by Gasteiger charge is -2.18. The van der Waals surface area contributed by atoms with Gasteiger partial charge in [0.05, 0.1) is 0 Å². The highest BCUT2D eigenvalue weighted by atomic mass is 15.1. The minimum Gasteiger partial charge on any atom is -0.335 e. The zero-order valence-corrected chi connectivity index (χ0v) is 11.9. The summed E-state index contributed by atoms with van der Waals surface area (Å²) < 4.78 is 2.31. The third-order valence-electron chi connectivity index (χ3n) is 3.69. The van der Waals surface area contributed by atoms with Crippen molar-refractivity contribution in [3.63, 3.8) is 0 Å². The molecule has 0 radical (unpaired) electrons. The predicted molar refractivity (Wildman–Crippen MR) is 75.6 cm³/mol. The molecule has 0 amide bonds. The quantitative estimate of drug-likeness (QED) is 0.729. The van der Waals surface area contributed by atoms with Gasteiger partial charge in [-0.15, -0.1) is 0 Å². The maximum Gasteiger partial charge on any atom is 0.110 e. The summed E-state index contributed by atoms with van der Waals surface area (Å²) in [6.07, 6.45) is 11.7. The highest BCUT2D eigenvalue weighted by molar-refractivity contribution is 4.97. The molecule has 102 valence electrons. The van der Waals surface area contributed by atoms with E-state index in [2.05, 4.69) is 34.9 Å². The SMILES string of the molecule is CCCNC(Cc1nccn1CCC)CC1CC1. The minimum absolute atomic E-state index is 0.621. The van der Waals surface area contributed by atoms with E-state index in [-0.39, 0.29) is 0 Å². The fraction of sp³-hybridized carbons (Fsp3) is 0.800. The number of aryl methyl sites for hydroxylation is 1. The topological polar surface area (TPSA) is 29.9 Å². The van der Waals surface area contributed by atoms with Gasteiger partial charge in [0.2, 0.25) is 0 Å². The fourth-order valence-corrected chi connectivity index (χ4v) is 2.54. The van der Waals surface area contributed by atoms with Crippen LogP contribution in [0.1, 0.15) is 51.8 Å². The van der Waals surface area contributed by atoms with Gasteiger partial charge in [-0.05, 0) is 31.7 Å². The van der Waals surface area contributed by atoms with Gasteiger partial charge in [-0.3, -0.25) is 0 Å². The molecule has 0 aromatic carbocycles. The molecule has 1 saturated carbocycles. The second-order valence-corrected chi connectivity index (χ2v) is 5.57. The monoisotopic (exact) mass is 249 g/mol. The molecule has 0 spiro atoms. The Morgan fingerprint density at radius 3 is 2.89 bits per heavy atom. The predicted octanol–water partition coefficient (Wildman–Crippen LogP) is 3.00. The first kappa shape index (κ1) is 13.6. The van der Waals surface area contributed by atoms with Crippen LogP contribution in [0.2, 0.25) is 0 Å². The molecule has 2 rings (SSSR count). The molecule has 0 bridgehead atoms. The van der Waals surface area contributed by atoms with Crippen molar-refractivity contribution in [1.29, 1.82) is 0 Å². The highest BCUT2D eigenvalue weighted by Crippen LogP contribution is 2.34. The average molecular weight is 249 g/mol. The van der Waals surface area contributed by atoms with Crippen molar-refractivity contribution in [3.8, 4) is 0 Å². The lowest BCUT2D eigenvalue weighted by molar-refractivity contribution is 0.439. The molecular weight excluding hydrogens is 222 g/mol. The second kappa shape index (κ2) is 6.93. The molecule has 3 heteroatoms. The molecule has 0 saturated heterocycles. The van der Waals surface area contributed by atoms with E-state index in [4.69, 9.17) is 0 Å². The van der Waals surface area contributed by atoms with Gasteiger partial charge in [0, 0.05) is 31.4 Å². The first-order valence-electron chi connectivity index (χ1n) is 7.56. The minimum atomic E-state index is 0.621. The number of nitrogens with one attached hydrogen (secondary N) is 1.